The number of carbonyl (C=O) groups is 1. The number of rotatable bonds is 3. The van der Waals surface area contributed by atoms with Gasteiger partial charge in [-0.3, -0.25) is 4.79 Å². The van der Waals surface area contributed by atoms with Crippen LogP contribution < -0.4 is 14.2 Å². The molecule has 0 fully saturated rings. The Hall–Kier alpha value is -1.96. The summed E-state index contributed by atoms with van der Waals surface area (Å²) < 4.78 is 37.4. The fourth-order valence-electron chi connectivity index (χ4n) is 2.10. The van der Waals surface area contributed by atoms with Crippen LogP contribution in [0.2, 0.25) is 10.0 Å². The fraction of sp³-hybridized carbons (Fsp3) is 0.133. The lowest BCUT2D eigenvalue weighted by Gasteiger charge is -2.18. The SMILES string of the molecule is O=C(NS(=O)(=O)c1ccc2c(c1)OCCO2)c1ccc(Cl)cc1Cl. The van der Waals surface area contributed by atoms with Gasteiger partial charge in [-0.1, -0.05) is 23.2 Å². The molecule has 0 unspecified atom stereocenters. The summed E-state index contributed by atoms with van der Waals surface area (Å²) in [6.07, 6.45) is 0. The van der Waals surface area contributed by atoms with Crippen LogP contribution >= 0.6 is 23.2 Å². The minimum atomic E-state index is -4.09. The van der Waals surface area contributed by atoms with Crippen molar-refractivity contribution in [1.29, 1.82) is 0 Å². The van der Waals surface area contributed by atoms with Gasteiger partial charge in [-0.25, -0.2) is 13.1 Å². The normalized spacial score (nSPS) is 13.4. The lowest BCUT2D eigenvalue weighted by molar-refractivity contribution is 0.0981. The highest BCUT2D eigenvalue weighted by molar-refractivity contribution is 7.90. The van der Waals surface area contributed by atoms with Crippen molar-refractivity contribution in [3.8, 4) is 11.5 Å². The number of halogens is 2. The Kier molecular flexibility index (Phi) is 4.58. The number of hydrogen-bond donors (Lipinski definition) is 1. The Morgan fingerprint density at radius 1 is 1.00 bits per heavy atom. The molecule has 6 nitrogen and oxygen atoms in total. The summed E-state index contributed by atoms with van der Waals surface area (Å²) >= 11 is 11.7. The van der Waals surface area contributed by atoms with Crippen LogP contribution in [-0.2, 0) is 10.0 Å². The van der Waals surface area contributed by atoms with E-state index in [0.29, 0.717) is 29.7 Å². The number of carbonyl (C=O) groups excluding carboxylic acids is 1. The Morgan fingerprint density at radius 2 is 1.71 bits per heavy atom. The minimum Gasteiger partial charge on any atom is -0.486 e. The highest BCUT2D eigenvalue weighted by atomic mass is 35.5. The zero-order valence-electron chi connectivity index (χ0n) is 12.1. The number of nitrogens with one attached hydrogen (secondary N) is 1. The van der Waals surface area contributed by atoms with Gasteiger partial charge in [0.25, 0.3) is 15.9 Å². The summed E-state index contributed by atoms with van der Waals surface area (Å²) in [6.45, 7) is 0.716. The maximum Gasteiger partial charge on any atom is 0.266 e. The first-order valence-electron chi connectivity index (χ1n) is 6.79. The maximum absolute atomic E-state index is 12.4. The van der Waals surface area contributed by atoms with Gasteiger partial charge < -0.3 is 9.47 Å². The Labute approximate surface area is 148 Å². The zero-order chi connectivity index (χ0) is 17.3. The van der Waals surface area contributed by atoms with Gasteiger partial charge in [0.2, 0.25) is 0 Å². The van der Waals surface area contributed by atoms with Crippen molar-refractivity contribution in [3.63, 3.8) is 0 Å². The average Bonchev–Trinajstić information content (AvgIpc) is 2.53. The second-order valence-electron chi connectivity index (χ2n) is 4.86. The molecule has 126 valence electrons. The molecule has 0 radical (unpaired) electrons. The van der Waals surface area contributed by atoms with Gasteiger partial charge >= 0.3 is 0 Å². The third-order valence-electron chi connectivity index (χ3n) is 3.23. The molecule has 0 aliphatic carbocycles. The summed E-state index contributed by atoms with van der Waals surface area (Å²) in [5, 5.41) is 0.392. The summed E-state index contributed by atoms with van der Waals surface area (Å²) in [6, 6.07) is 8.25. The lowest BCUT2D eigenvalue weighted by atomic mass is 10.2. The zero-order valence-corrected chi connectivity index (χ0v) is 14.4. The topological polar surface area (TPSA) is 81.7 Å². The molecular formula is C15H11Cl2NO5S. The van der Waals surface area contributed by atoms with Crippen LogP contribution in [0.5, 0.6) is 11.5 Å². The van der Waals surface area contributed by atoms with E-state index in [1.807, 2.05) is 4.72 Å². The van der Waals surface area contributed by atoms with Crippen LogP contribution in [0.3, 0.4) is 0 Å². The van der Waals surface area contributed by atoms with Crippen LogP contribution in [0.25, 0.3) is 0 Å². The van der Waals surface area contributed by atoms with Crippen LogP contribution in [-0.4, -0.2) is 27.5 Å². The highest BCUT2D eigenvalue weighted by Gasteiger charge is 2.23. The molecule has 1 amide bonds. The van der Waals surface area contributed by atoms with Crippen molar-refractivity contribution >= 4 is 39.1 Å². The van der Waals surface area contributed by atoms with Gasteiger partial charge in [-0.05, 0) is 30.3 Å². The third kappa shape index (κ3) is 3.43. The smallest absolute Gasteiger partial charge is 0.266 e. The van der Waals surface area contributed by atoms with Crippen molar-refractivity contribution in [3.05, 3.63) is 52.0 Å². The van der Waals surface area contributed by atoms with Gasteiger partial charge in [-0.2, -0.15) is 0 Å². The maximum atomic E-state index is 12.4. The number of hydrogen-bond acceptors (Lipinski definition) is 5. The summed E-state index contributed by atoms with van der Waals surface area (Å²) in [4.78, 5) is 12.1. The van der Waals surface area contributed by atoms with Gasteiger partial charge in [0.1, 0.15) is 13.2 Å². The van der Waals surface area contributed by atoms with Crippen LogP contribution in [0.15, 0.2) is 41.3 Å². The molecular weight excluding hydrogens is 377 g/mol. The Bertz CT molecular complexity index is 914. The first-order chi connectivity index (χ1) is 11.4. The molecule has 0 bridgehead atoms. The van der Waals surface area contributed by atoms with E-state index in [1.54, 1.807) is 0 Å². The van der Waals surface area contributed by atoms with Crippen molar-refractivity contribution < 1.29 is 22.7 Å². The van der Waals surface area contributed by atoms with Gasteiger partial charge in [0.05, 0.1) is 15.5 Å². The summed E-state index contributed by atoms with van der Waals surface area (Å²) in [7, 11) is -4.09. The van der Waals surface area contributed by atoms with Crippen LogP contribution in [0.4, 0.5) is 0 Å². The van der Waals surface area contributed by atoms with E-state index in [4.69, 9.17) is 32.7 Å². The first kappa shape index (κ1) is 16.9. The van der Waals surface area contributed by atoms with Crippen molar-refractivity contribution in [1.82, 2.24) is 4.72 Å². The van der Waals surface area contributed by atoms with Crippen molar-refractivity contribution in [2.45, 2.75) is 4.90 Å². The third-order valence-corrected chi connectivity index (χ3v) is 5.10. The molecule has 0 spiro atoms. The van der Waals surface area contributed by atoms with E-state index < -0.39 is 15.9 Å². The van der Waals surface area contributed by atoms with E-state index in [-0.39, 0.29) is 15.5 Å². The number of ether oxygens (including phenoxy) is 2. The molecule has 1 aliphatic rings. The van der Waals surface area contributed by atoms with Crippen LogP contribution in [0.1, 0.15) is 10.4 Å². The molecule has 24 heavy (non-hydrogen) atoms. The van der Waals surface area contributed by atoms with Crippen molar-refractivity contribution in [2.24, 2.45) is 0 Å². The first-order valence-corrected chi connectivity index (χ1v) is 9.02. The molecule has 0 aromatic heterocycles. The van der Waals surface area contributed by atoms with E-state index in [2.05, 4.69) is 0 Å². The largest absolute Gasteiger partial charge is 0.486 e. The monoisotopic (exact) mass is 387 g/mol. The molecule has 2 aromatic carbocycles. The van der Waals surface area contributed by atoms with Crippen LogP contribution in [0, 0.1) is 0 Å². The highest BCUT2D eigenvalue weighted by Crippen LogP contribution is 2.32. The summed E-state index contributed by atoms with van der Waals surface area (Å²) in [5.41, 5.74) is 0.00202. The number of amides is 1. The van der Waals surface area contributed by atoms with Gasteiger partial charge in [-0.15, -0.1) is 0 Å². The van der Waals surface area contributed by atoms with E-state index in [1.165, 1.54) is 36.4 Å². The lowest BCUT2D eigenvalue weighted by Crippen LogP contribution is -2.31. The molecule has 0 atom stereocenters. The number of fused-ring (bicyclic) bond motifs is 1. The standard InChI is InChI=1S/C15H11Cl2NO5S/c16-9-1-3-11(12(17)7-9)15(19)18-24(20,21)10-2-4-13-14(8-10)23-6-5-22-13/h1-4,7-8H,5-6H2,(H,18,19). The van der Waals surface area contributed by atoms with Crippen molar-refractivity contribution in [2.75, 3.05) is 13.2 Å². The van der Waals surface area contributed by atoms with E-state index in [9.17, 15) is 13.2 Å². The number of benzene rings is 2. The van der Waals surface area contributed by atoms with E-state index in [0.717, 1.165) is 0 Å². The second-order valence-corrected chi connectivity index (χ2v) is 7.39. The minimum absolute atomic E-state index is 0.00202. The molecule has 9 heteroatoms. The molecule has 0 saturated heterocycles. The van der Waals surface area contributed by atoms with Gasteiger partial charge in [0.15, 0.2) is 11.5 Å². The second kappa shape index (κ2) is 6.51. The summed E-state index contributed by atoms with van der Waals surface area (Å²) in [5.74, 6) is -0.0973. The Morgan fingerprint density at radius 3 is 2.42 bits per heavy atom. The molecule has 1 N–H and O–H groups in total. The average molecular weight is 388 g/mol. The molecule has 2 aromatic rings. The predicted octanol–water partition coefficient (Wildman–Crippen LogP) is 2.88. The Balaban J connectivity index is 1.87. The number of sulfonamides is 1. The van der Waals surface area contributed by atoms with E-state index >= 15 is 0 Å². The predicted molar refractivity (Wildman–Crippen MR) is 88.5 cm³/mol. The molecule has 0 saturated carbocycles. The molecule has 3 rings (SSSR count). The molecule has 1 heterocycles. The van der Waals surface area contributed by atoms with Gasteiger partial charge in [0, 0.05) is 11.1 Å². The molecule has 1 aliphatic heterocycles. The fourth-order valence-corrected chi connectivity index (χ4v) is 3.58. The quantitative estimate of drug-likeness (QED) is 0.875.